The van der Waals surface area contributed by atoms with Crippen molar-refractivity contribution in [3.8, 4) is 0 Å². The van der Waals surface area contributed by atoms with Gasteiger partial charge >= 0.3 is 0 Å². The van der Waals surface area contributed by atoms with E-state index in [4.69, 9.17) is 9.15 Å². The van der Waals surface area contributed by atoms with Gasteiger partial charge in [-0.05, 0) is 38.8 Å². The number of hydrogen-bond acceptors (Lipinski definition) is 4. The van der Waals surface area contributed by atoms with Crippen LogP contribution in [0.4, 0.5) is 0 Å². The molecule has 0 amide bonds. The maximum atomic E-state index is 5.91. The van der Waals surface area contributed by atoms with E-state index in [0.29, 0.717) is 0 Å². The van der Waals surface area contributed by atoms with E-state index < -0.39 is 0 Å². The van der Waals surface area contributed by atoms with Gasteiger partial charge in [-0.2, -0.15) is 0 Å². The Morgan fingerprint density at radius 2 is 2.11 bits per heavy atom. The average Bonchev–Trinajstić information content (AvgIpc) is 3.09. The molecule has 0 bridgehead atoms. The summed E-state index contributed by atoms with van der Waals surface area (Å²) in [6, 6.07) is 4.93. The van der Waals surface area contributed by atoms with E-state index in [1.807, 2.05) is 0 Å². The van der Waals surface area contributed by atoms with Crippen LogP contribution in [0.15, 0.2) is 16.5 Å². The van der Waals surface area contributed by atoms with Crippen LogP contribution in [0.25, 0.3) is 0 Å². The summed E-state index contributed by atoms with van der Waals surface area (Å²) in [6.07, 6.45) is 2.63. The highest BCUT2D eigenvalue weighted by atomic mass is 16.5. The Balaban J connectivity index is 1.56. The molecule has 0 unspecified atom stereocenters. The van der Waals surface area contributed by atoms with Crippen molar-refractivity contribution in [2.45, 2.75) is 51.4 Å². The molecule has 2 aliphatic rings. The normalized spacial score (nSPS) is 23.7. The van der Waals surface area contributed by atoms with Gasteiger partial charge in [0, 0.05) is 18.1 Å². The number of nitrogens with one attached hydrogen (secondary N) is 1. The Morgan fingerprint density at radius 3 is 2.84 bits per heavy atom. The standard InChI is InChI=1S/C15H24N2O2/c1-15(2)11-18-8-7-17(15)10-14-6-5-13(19-14)9-16-12-3-4-12/h5-6,12,16H,3-4,7-11H2,1-2H3. The molecular formula is C15H24N2O2. The lowest BCUT2D eigenvalue weighted by Gasteiger charge is -2.41. The zero-order valence-electron chi connectivity index (χ0n) is 11.9. The molecular weight excluding hydrogens is 240 g/mol. The highest BCUT2D eigenvalue weighted by Crippen LogP contribution is 2.23. The minimum atomic E-state index is 0.0947. The highest BCUT2D eigenvalue weighted by Gasteiger charge is 2.31. The zero-order valence-corrected chi connectivity index (χ0v) is 11.9. The Hall–Kier alpha value is -0.840. The van der Waals surface area contributed by atoms with Crippen LogP contribution in [0.1, 0.15) is 38.2 Å². The minimum absolute atomic E-state index is 0.0947. The largest absolute Gasteiger partial charge is 0.463 e. The maximum Gasteiger partial charge on any atom is 0.118 e. The number of ether oxygens (including phenoxy) is 1. The van der Waals surface area contributed by atoms with Gasteiger partial charge in [-0.15, -0.1) is 0 Å². The number of nitrogens with zero attached hydrogens (tertiary/aromatic N) is 1. The predicted octanol–water partition coefficient (Wildman–Crippen LogP) is 2.14. The number of rotatable bonds is 5. The molecule has 1 saturated carbocycles. The summed E-state index contributed by atoms with van der Waals surface area (Å²) in [7, 11) is 0. The van der Waals surface area contributed by atoms with Gasteiger partial charge in [0.05, 0.1) is 26.3 Å². The second-order valence-electron chi connectivity index (χ2n) is 6.31. The van der Waals surface area contributed by atoms with E-state index in [1.165, 1.54) is 12.8 Å². The van der Waals surface area contributed by atoms with Gasteiger partial charge in [0.25, 0.3) is 0 Å². The number of hydrogen-bond donors (Lipinski definition) is 1. The summed E-state index contributed by atoms with van der Waals surface area (Å²) in [4.78, 5) is 2.44. The van der Waals surface area contributed by atoms with E-state index in [2.05, 4.69) is 36.2 Å². The van der Waals surface area contributed by atoms with E-state index >= 15 is 0 Å². The first-order valence-corrected chi connectivity index (χ1v) is 7.27. The van der Waals surface area contributed by atoms with Gasteiger partial charge < -0.3 is 14.5 Å². The first-order valence-electron chi connectivity index (χ1n) is 7.27. The van der Waals surface area contributed by atoms with Crippen molar-refractivity contribution in [2.75, 3.05) is 19.8 Å². The van der Waals surface area contributed by atoms with Gasteiger partial charge in [0.2, 0.25) is 0 Å². The van der Waals surface area contributed by atoms with Crippen LogP contribution in [0, 0.1) is 0 Å². The Kier molecular flexibility index (Phi) is 3.65. The van der Waals surface area contributed by atoms with Crippen molar-refractivity contribution in [2.24, 2.45) is 0 Å². The molecule has 3 rings (SSSR count). The molecule has 1 saturated heterocycles. The molecule has 0 atom stereocenters. The smallest absolute Gasteiger partial charge is 0.118 e. The fourth-order valence-electron chi connectivity index (χ4n) is 2.51. The van der Waals surface area contributed by atoms with E-state index in [1.54, 1.807) is 0 Å². The quantitative estimate of drug-likeness (QED) is 0.884. The molecule has 1 aromatic heterocycles. The van der Waals surface area contributed by atoms with Crippen molar-refractivity contribution in [3.63, 3.8) is 0 Å². The molecule has 2 fully saturated rings. The molecule has 1 aliphatic heterocycles. The van der Waals surface area contributed by atoms with E-state index in [9.17, 15) is 0 Å². The van der Waals surface area contributed by atoms with Crippen LogP contribution in [0.2, 0.25) is 0 Å². The van der Waals surface area contributed by atoms with Gasteiger partial charge in [-0.1, -0.05) is 0 Å². The third kappa shape index (κ3) is 3.38. The van der Waals surface area contributed by atoms with Crippen LogP contribution in [0.5, 0.6) is 0 Å². The molecule has 0 spiro atoms. The Bertz CT molecular complexity index is 424. The van der Waals surface area contributed by atoms with Gasteiger partial charge in [0.1, 0.15) is 11.5 Å². The van der Waals surface area contributed by atoms with Crippen LogP contribution in [0.3, 0.4) is 0 Å². The Morgan fingerprint density at radius 1 is 1.32 bits per heavy atom. The van der Waals surface area contributed by atoms with Crippen molar-refractivity contribution >= 4 is 0 Å². The summed E-state index contributed by atoms with van der Waals surface area (Å²) in [5.74, 6) is 2.11. The van der Waals surface area contributed by atoms with E-state index in [-0.39, 0.29) is 5.54 Å². The lowest BCUT2D eigenvalue weighted by molar-refractivity contribution is -0.0578. The Labute approximate surface area is 115 Å². The third-order valence-electron chi connectivity index (χ3n) is 4.02. The molecule has 1 N–H and O–H groups in total. The summed E-state index contributed by atoms with van der Waals surface area (Å²) >= 11 is 0. The fourth-order valence-corrected chi connectivity index (χ4v) is 2.51. The third-order valence-corrected chi connectivity index (χ3v) is 4.02. The van der Waals surface area contributed by atoms with Crippen molar-refractivity contribution in [1.29, 1.82) is 0 Å². The lowest BCUT2D eigenvalue weighted by atomic mass is 10.0. The van der Waals surface area contributed by atoms with Gasteiger partial charge in [-0.25, -0.2) is 0 Å². The molecule has 1 aromatic rings. The molecule has 4 nitrogen and oxygen atoms in total. The molecule has 4 heteroatoms. The minimum Gasteiger partial charge on any atom is -0.463 e. The molecule has 19 heavy (non-hydrogen) atoms. The number of furan rings is 1. The summed E-state index contributed by atoms with van der Waals surface area (Å²) in [6.45, 7) is 8.78. The first kappa shape index (κ1) is 13.2. The van der Waals surface area contributed by atoms with Crippen LogP contribution in [-0.2, 0) is 17.8 Å². The van der Waals surface area contributed by atoms with Gasteiger partial charge in [-0.3, -0.25) is 4.90 Å². The van der Waals surface area contributed by atoms with Crippen LogP contribution >= 0.6 is 0 Å². The topological polar surface area (TPSA) is 37.6 Å². The van der Waals surface area contributed by atoms with Crippen molar-refractivity contribution in [1.82, 2.24) is 10.2 Å². The summed E-state index contributed by atoms with van der Waals surface area (Å²) < 4.78 is 11.5. The molecule has 106 valence electrons. The first-order chi connectivity index (χ1) is 9.13. The SMILES string of the molecule is CC1(C)COCCN1Cc1ccc(CNC2CC2)o1. The molecule has 1 aliphatic carbocycles. The van der Waals surface area contributed by atoms with Crippen molar-refractivity contribution < 1.29 is 9.15 Å². The highest BCUT2D eigenvalue weighted by molar-refractivity contribution is 5.08. The maximum absolute atomic E-state index is 5.91. The van der Waals surface area contributed by atoms with Crippen LogP contribution in [-0.4, -0.2) is 36.2 Å². The predicted molar refractivity (Wildman–Crippen MR) is 73.9 cm³/mol. The zero-order chi connectivity index (χ0) is 13.3. The second-order valence-corrected chi connectivity index (χ2v) is 6.31. The summed E-state index contributed by atoms with van der Waals surface area (Å²) in [5, 5.41) is 3.48. The fraction of sp³-hybridized carbons (Fsp3) is 0.733. The monoisotopic (exact) mass is 264 g/mol. The average molecular weight is 264 g/mol. The number of morpholine rings is 1. The summed E-state index contributed by atoms with van der Waals surface area (Å²) in [5.41, 5.74) is 0.0947. The van der Waals surface area contributed by atoms with Crippen molar-refractivity contribution in [3.05, 3.63) is 23.7 Å². The van der Waals surface area contributed by atoms with Gasteiger partial charge in [0.15, 0.2) is 0 Å². The second kappa shape index (κ2) is 5.27. The molecule has 0 radical (unpaired) electrons. The molecule has 0 aromatic carbocycles. The lowest BCUT2D eigenvalue weighted by Crippen LogP contribution is -2.52. The van der Waals surface area contributed by atoms with E-state index in [0.717, 1.165) is 50.4 Å². The van der Waals surface area contributed by atoms with Crippen LogP contribution < -0.4 is 5.32 Å². The molecule has 2 heterocycles.